The lowest BCUT2D eigenvalue weighted by Crippen LogP contribution is -2.39. The highest BCUT2D eigenvalue weighted by atomic mass is 16.4. The van der Waals surface area contributed by atoms with E-state index in [4.69, 9.17) is 10.2 Å². The third-order valence-corrected chi connectivity index (χ3v) is 2.35. The lowest BCUT2D eigenvalue weighted by Gasteiger charge is -2.32. The summed E-state index contributed by atoms with van der Waals surface area (Å²) < 4.78 is 0. The third-order valence-electron chi connectivity index (χ3n) is 2.35. The van der Waals surface area contributed by atoms with Crippen LogP contribution in [0.4, 0.5) is 5.82 Å². The second-order valence-electron chi connectivity index (χ2n) is 3.53. The van der Waals surface area contributed by atoms with Crippen LogP contribution in [0.1, 0.15) is 23.3 Å². The summed E-state index contributed by atoms with van der Waals surface area (Å²) in [5.41, 5.74) is -0.0844. The van der Waals surface area contributed by atoms with Gasteiger partial charge in [0.15, 0.2) is 11.5 Å². The smallest absolute Gasteiger partial charge is 0.358 e. The van der Waals surface area contributed by atoms with Crippen molar-refractivity contribution in [3.8, 4) is 0 Å². The summed E-state index contributed by atoms with van der Waals surface area (Å²) in [4.78, 5) is 18.4. The fraction of sp³-hybridized carbons (Fsp3) is 0.444. The number of aliphatic hydroxyl groups excluding tert-OH is 1. The average Bonchev–Trinajstić information content (AvgIpc) is 2.16. The number of rotatable bonds is 3. The zero-order valence-electron chi connectivity index (χ0n) is 7.92. The molecule has 1 aromatic heterocycles. The van der Waals surface area contributed by atoms with E-state index in [1.807, 2.05) is 0 Å². The van der Waals surface area contributed by atoms with Crippen molar-refractivity contribution in [3.05, 3.63) is 18.1 Å². The number of nitrogens with zero attached hydrogens (tertiary/aromatic N) is 2. The largest absolute Gasteiger partial charge is 0.476 e. The summed E-state index contributed by atoms with van der Waals surface area (Å²) in [6.07, 6.45) is 3.73. The number of aromatic carboxylic acids is 1. The van der Waals surface area contributed by atoms with E-state index < -0.39 is 5.97 Å². The zero-order chi connectivity index (χ0) is 10.8. The normalized spacial score (nSPS) is 24.3. The molecule has 6 nitrogen and oxygen atoms in total. The molecule has 1 aliphatic carbocycles. The molecule has 0 atom stereocenters. The van der Waals surface area contributed by atoms with Gasteiger partial charge in [-0.3, -0.25) is 0 Å². The van der Waals surface area contributed by atoms with Crippen molar-refractivity contribution >= 4 is 11.8 Å². The first-order chi connectivity index (χ1) is 7.16. The molecule has 1 aliphatic rings. The van der Waals surface area contributed by atoms with Crippen LogP contribution in [0.5, 0.6) is 0 Å². The number of aliphatic hydroxyl groups is 1. The van der Waals surface area contributed by atoms with Crippen LogP contribution in [0.15, 0.2) is 12.4 Å². The van der Waals surface area contributed by atoms with Gasteiger partial charge < -0.3 is 15.5 Å². The molecule has 15 heavy (non-hydrogen) atoms. The molecule has 6 heteroatoms. The topological polar surface area (TPSA) is 95.3 Å². The van der Waals surface area contributed by atoms with E-state index in [2.05, 4.69) is 15.3 Å². The van der Waals surface area contributed by atoms with Gasteiger partial charge >= 0.3 is 5.97 Å². The van der Waals surface area contributed by atoms with Crippen LogP contribution in [0, 0.1) is 0 Å². The molecule has 0 saturated heterocycles. The van der Waals surface area contributed by atoms with Gasteiger partial charge in [0.2, 0.25) is 0 Å². The molecule has 3 N–H and O–H groups in total. The molecule has 1 heterocycles. The van der Waals surface area contributed by atoms with Crippen LogP contribution in [-0.2, 0) is 0 Å². The van der Waals surface area contributed by atoms with Crippen molar-refractivity contribution in [3.63, 3.8) is 0 Å². The number of carbonyl (C=O) groups is 1. The SMILES string of the molecule is O=C(O)c1nccnc1NC1CC(O)C1. The fourth-order valence-corrected chi connectivity index (χ4v) is 1.50. The van der Waals surface area contributed by atoms with Crippen LogP contribution in [0.3, 0.4) is 0 Å². The number of carboxylic acids is 1. The van der Waals surface area contributed by atoms with Crippen molar-refractivity contribution in [1.82, 2.24) is 9.97 Å². The molecule has 1 aromatic rings. The number of carboxylic acid groups (broad SMARTS) is 1. The summed E-state index contributed by atoms with van der Waals surface area (Å²) in [6, 6.07) is 0.0924. The van der Waals surface area contributed by atoms with E-state index in [1.54, 1.807) is 0 Å². The fourth-order valence-electron chi connectivity index (χ4n) is 1.50. The van der Waals surface area contributed by atoms with Crippen molar-refractivity contribution < 1.29 is 15.0 Å². The molecule has 0 bridgehead atoms. The summed E-state index contributed by atoms with van der Waals surface area (Å²) in [7, 11) is 0. The Bertz CT molecular complexity index is 377. The quantitative estimate of drug-likeness (QED) is 0.654. The Kier molecular flexibility index (Phi) is 2.51. The van der Waals surface area contributed by atoms with Crippen LogP contribution in [-0.4, -0.2) is 38.3 Å². The summed E-state index contributed by atoms with van der Waals surface area (Å²) in [5.74, 6) is -0.840. The second kappa shape index (κ2) is 3.82. The number of nitrogens with one attached hydrogen (secondary N) is 1. The second-order valence-corrected chi connectivity index (χ2v) is 3.53. The molecule has 0 spiro atoms. The minimum atomic E-state index is -1.11. The van der Waals surface area contributed by atoms with Crippen LogP contribution >= 0.6 is 0 Å². The number of hydrogen-bond donors (Lipinski definition) is 3. The number of aromatic nitrogens is 2. The summed E-state index contributed by atoms with van der Waals surface area (Å²) >= 11 is 0. The van der Waals surface area contributed by atoms with Crippen molar-refractivity contribution in [2.45, 2.75) is 25.0 Å². The van der Waals surface area contributed by atoms with E-state index in [0.717, 1.165) is 0 Å². The first-order valence-electron chi connectivity index (χ1n) is 4.65. The van der Waals surface area contributed by atoms with Gasteiger partial charge in [-0.1, -0.05) is 0 Å². The maximum absolute atomic E-state index is 10.8. The molecule has 0 aromatic carbocycles. The van der Waals surface area contributed by atoms with Gasteiger partial charge in [0.1, 0.15) is 0 Å². The lowest BCUT2D eigenvalue weighted by atomic mass is 9.89. The van der Waals surface area contributed by atoms with E-state index >= 15 is 0 Å². The van der Waals surface area contributed by atoms with Crippen LogP contribution < -0.4 is 5.32 Å². The standard InChI is InChI=1S/C9H11N3O3/c13-6-3-5(4-6)12-8-7(9(14)15)10-1-2-11-8/h1-2,5-6,13H,3-4H2,(H,11,12)(H,14,15). The predicted molar refractivity (Wildman–Crippen MR) is 51.6 cm³/mol. The summed E-state index contributed by atoms with van der Waals surface area (Å²) in [6.45, 7) is 0. The Labute approximate surface area is 86.0 Å². The van der Waals surface area contributed by atoms with Crippen LogP contribution in [0.25, 0.3) is 0 Å². The minimum Gasteiger partial charge on any atom is -0.476 e. The molecule has 0 unspecified atom stereocenters. The van der Waals surface area contributed by atoms with Crippen molar-refractivity contribution in [2.75, 3.05) is 5.32 Å². The molecule has 1 fully saturated rings. The van der Waals surface area contributed by atoms with Crippen LogP contribution in [0.2, 0.25) is 0 Å². The summed E-state index contributed by atoms with van der Waals surface area (Å²) in [5, 5.41) is 20.9. The molecule has 2 rings (SSSR count). The zero-order valence-corrected chi connectivity index (χ0v) is 7.92. The highest BCUT2D eigenvalue weighted by Crippen LogP contribution is 2.23. The van der Waals surface area contributed by atoms with E-state index in [9.17, 15) is 4.79 Å². The van der Waals surface area contributed by atoms with Gasteiger partial charge in [-0.05, 0) is 12.8 Å². The highest BCUT2D eigenvalue weighted by Gasteiger charge is 2.28. The van der Waals surface area contributed by atoms with Gasteiger partial charge in [0.05, 0.1) is 6.10 Å². The van der Waals surface area contributed by atoms with Crippen molar-refractivity contribution in [1.29, 1.82) is 0 Å². The van der Waals surface area contributed by atoms with E-state index in [-0.39, 0.29) is 23.7 Å². The van der Waals surface area contributed by atoms with Crippen molar-refractivity contribution in [2.24, 2.45) is 0 Å². The van der Waals surface area contributed by atoms with Gasteiger partial charge in [0, 0.05) is 18.4 Å². The Morgan fingerprint density at radius 3 is 2.67 bits per heavy atom. The molecule has 0 amide bonds. The Balaban J connectivity index is 2.10. The molecule has 1 saturated carbocycles. The Morgan fingerprint density at radius 1 is 1.40 bits per heavy atom. The lowest BCUT2D eigenvalue weighted by molar-refractivity contribution is 0.0690. The molecular weight excluding hydrogens is 198 g/mol. The first kappa shape index (κ1) is 9.85. The van der Waals surface area contributed by atoms with Gasteiger partial charge in [-0.15, -0.1) is 0 Å². The van der Waals surface area contributed by atoms with Gasteiger partial charge in [-0.25, -0.2) is 14.8 Å². The van der Waals surface area contributed by atoms with Gasteiger partial charge in [0.25, 0.3) is 0 Å². The van der Waals surface area contributed by atoms with E-state index in [1.165, 1.54) is 12.4 Å². The maximum atomic E-state index is 10.8. The molecule has 80 valence electrons. The Hall–Kier alpha value is -1.69. The number of hydrogen-bond acceptors (Lipinski definition) is 5. The third kappa shape index (κ3) is 2.04. The van der Waals surface area contributed by atoms with Gasteiger partial charge in [-0.2, -0.15) is 0 Å². The maximum Gasteiger partial charge on any atom is 0.358 e. The van der Waals surface area contributed by atoms with E-state index in [0.29, 0.717) is 12.8 Å². The number of anilines is 1. The monoisotopic (exact) mass is 209 g/mol. The molecule has 0 aliphatic heterocycles. The molecular formula is C9H11N3O3. The minimum absolute atomic E-state index is 0.0844. The highest BCUT2D eigenvalue weighted by molar-refractivity contribution is 5.90. The molecule has 0 radical (unpaired) electrons. The predicted octanol–water partition coefficient (Wildman–Crippen LogP) is 0.110. The first-order valence-corrected chi connectivity index (χ1v) is 4.65. The Morgan fingerprint density at radius 2 is 2.07 bits per heavy atom. The average molecular weight is 209 g/mol.